The molecule has 0 bridgehead atoms. The van der Waals surface area contributed by atoms with Crippen LogP contribution in [0.15, 0.2) is 36.9 Å². The van der Waals surface area contributed by atoms with Crippen LogP contribution in [0.3, 0.4) is 0 Å². The maximum Gasteiger partial charge on any atom is 0.135 e. The fourth-order valence-electron chi connectivity index (χ4n) is 1.35. The average molecular weight is 200 g/mol. The van der Waals surface area contributed by atoms with E-state index in [1.807, 2.05) is 31.2 Å². The lowest BCUT2D eigenvalue weighted by atomic mass is 10.1. The van der Waals surface area contributed by atoms with E-state index in [1.54, 1.807) is 6.07 Å². The van der Waals surface area contributed by atoms with Gasteiger partial charge < -0.3 is 5.11 Å². The lowest BCUT2D eigenvalue weighted by Crippen LogP contribution is -1.78. The molecule has 0 atom stereocenters. The Labute approximate surface area is 88.1 Å². The molecule has 0 unspecified atom stereocenters. The van der Waals surface area contributed by atoms with Gasteiger partial charge in [0.05, 0.1) is 5.69 Å². The van der Waals surface area contributed by atoms with E-state index in [9.17, 15) is 0 Å². The summed E-state index contributed by atoms with van der Waals surface area (Å²) >= 11 is 0. The Hall–Kier alpha value is -2.03. The summed E-state index contributed by atoms with van der Waals surface area (Å²) in [6, 6.07) is 9.85. The molecule has 2 N–H and O–H groups in total. The minimum Gasteiger partial charge on any atom is -0.506 e. The summed E-state index contributed by atoms with van der Waals surface area (Å²) in [5.74, 6) is -0.0235. The van der Waals surface area contributed by atoms with Crippen LogP contribution in [0.1, 0.15) is 11.3 Å². The van der Waals surface area contributed by atoms with Crippen LogP contribution in [0.2, 0.25) is 0 Å². The third kappa shape index (κ3) is 1.91. The van der Waals surface area contributed by atoms with Crippen LogP contribution in [-0.2, 0) is 0 Å². The van der Waals surface area contributed by atoms with Gasteiger partial charge in [0.1, 0.15) is 11.5 Å². The molecule has 0 spiro atoms. The van der Waals surface area contributed by atoms with Crippen molar-refractivity contribution in [1.29, 1.82) is 0 Å². The zero-order chi connectivity index (χ0) is 10.8. The largest absolute Gasteiger partial charge is 0.506 e. The van der Waals surface area contributed by atoms with E-state index in [0.717, 1.165) is 11.3 Å². The normalized spacial score (nSPS) is 10.2. The molecular weight excluding hydrogens is 188 g/mol. The van der Waals surface area contributed by atoms with Crippen LogP contribution in [-0.4, -0.2) is 15.3 Å². The number of H-pyrrole nitrogens is 1. The first-order chi connectivity index (χ1) is 7.16. The molecule has 76 valence electrons. The van der Waals surface area contributed by atoms with Crippen molar-refractivity contribution in [1.82, 2.24) is 10.2 Å². The standard InChI is InChI=1S/C12H12N2O/c1-8-3-5-10(6-4-8)12-7-11(9(2)15)13-14-12/h3-7,15H,2H2,1H3,(H,13,14). The van der Waals surface area contributed by atoms with Crippen LogP contribution < -0.4 is 0 Å². The summed E-state index contributed by atoms with van der Waals surface area (Å²) in [5, 5.41) is 15.9. The van der Waals surface area contributed by atoms with Crippen molar-refractivity contribution in [3.8, 4) is 11.3 Å². The molecule has 1 aromatic carbocycles. The Kier molecular flexibility index (Phi) is 2.29. The van der Waals surface area contributed by atoms with Gasteiger partial charge in [-0.05, 0) is 18.6 Å². The number of aromatic nitrogens is 2. The van der Waals surface area contributed by atoms with E-state index in [4.69, 9.17) is 5.11 Å². The maximum atomic E-state index is 9.15. The van der Waals surface area contributed by atoms with Gasteiger partial charge in [-0.25, -0.2) is 0 Å². The summed E-state index contributed by atoms with van der Waals surface area (Å²) in [6.07, 6.45) is 0. The Morgan fingerprint density at radius 1 is 1.33 bits per heavy atom. The molecule has 0 aliphatic carbocycles. The van der Waals surface area contributed by atoms with E-state index in [2.05, 4.69) is 16.8 Å². The highest BCUT2D eigenvalue weighted by Crippen LogP contribution is 2.19. The molecular formula is C12H12N2O. The number of hydrogen-bond donors (Lipinski definition) is 2. The van der Waals surface area contributed by atoms with Gasteiger partial charge in [0.25, 0.3) is 0 Å². The maximum absolute atomic E-state index is 9.15. The highest BCUT2D eigenvalue weighted by atomic mass is 16.3. The van der Waals surface area contributed by atoms with Gasteiger partial charge in [-0.15, -0.1) is 0 Å². The first-order valence-electron chi connectivity index (χ1n) is 4.67. The summed E-state index contributed by atoms with van der Waals surface area (Å²) < 4.78 is 0. The number of nitrogens with one attached hydrogen (secondary N) is 1. The number of aliphatic hydroxyl groups excluding tert-OH is 1. The molecule has 0 aliphatic heterocycles. The van der Waals surface area contributed by atoms with Crippen molar-refractivity contribution < 1.29 is 5.11 Å². The summed E-state index contributed by atoms with van der Waals surface area (Å²) in [6.45, 7) is 5.46. The molecule has 2 aromatic rings. The number of rotatable bonds is 2. The highest BCUT2D eigenvalue weighted by Gasteiger charge is 2.04. The molecule has 1 heterocycles. The Bertz CT molecular complexity index is 483. The summed E-state index contributed by atoms with van der Waals surface area (Å²) in [5.41, 5.74) is 3.61. The van der Waals surface area contributed by atoms with Gasteiger partial charge in [0, 0.05) is 0 Å². The van der Waals surface area contributed by atoms with Crippen molar-refractivity contribution in [2.24, 2.45) is 0 Å². The number of aromatic amines is 1. The fourth-order valence-corrected chi connectivity index (χ4v) is 1.35. The second kappa shape index (κ2) is 3.61. The molecule has 15 heavy (non-hydrogen) atoms. The van der Waals surface area contributed by atoms with Gasteiger partial charge in [-0.2, -0.15) is 5.10 Å². The van der Waals surface area contributed by atoms with E-state index in [1.165, 1.54) is 5.56 Å². The number of nitrogens with zero attached hydrogens (tertiary/aromatic N) is 1. The van der Waals surface area contributed by atoms with Crippen molar-refractivity contribution in [3.63, 3.8) is 0 Å². The second-order valence-corrected chi connectivity index (χ2v) is 3.48. The zero-order valence-electron chi connectivity index (χ0n) is 8.49. The van der Waals surface area contributed by atoms with E-state index >= 15 is 0 Å². The fraction of sp³-hybridized carbons (Fsp3) is 0.0833. The molecule has 0 radical (unpaired) electrons. The van der Waals surface area contributed by atoms with Crippen molar-refractivity contribution >= 4 is 5.76 Å². The smallest absolute Gasteiger partial charge is 0.135 e. The summed E-state index contributed by atoms with van der Waals surface area (Å²) in [7, 11) is 0. The Morgan fingerprint density at radius 2 is 2.00 bits per heavy atom. The van der Waals surface area contributed by atoms with Gasteiger partial charge >= 0.3 is 0 Å². The van der Waals surface area contributed by atoms with Crippen LogP contribution in [0.25, 0.3) is 17.0 Å². The zero-order valence-corrected chi connectivity index (χ0v) is 8.49. The predicted molar refractivity (Wildman–Crippen MR) is 60.4 cm³/mol. The number of hydrogen-bond acceptors (Lipinski definition) is 2. The molecule has 3 nitrogen and oxygen atoms in total. The molecule has 0 saturated carbocycles. The topological polar surface area (TPSA) is 48.9 Å². The van der Waals surface area contributed by atoms with Crippen LogP contribution >= 0.6 is 0 Å². The van der Waals surface area contributed by atoms with E-state index in [0.29, 0.717) is 5.69 Å². The van der Waals surface area contributed by atoms with Gasteiger partial charge in [0.15, 0.2) is 0 Å². The van der Waals surface area contributed by atoms with Gasteiger partial charge in [0.2, 0.25) is 0 Å². The van der Waals surface area contributed by atoms with E-state index in [-0.39, 0.29) is 5.76 Å². The molecule has 2 rings (SSSR count). The molecule has 0 aliphatic rings. The highest BCUT2D eigenvalue weighted by molar-refractivity contribution is 5.64. The number of benzene rings is 1. The predicted octanol–water partition coefficient (Wildman–Crippen LogP) is 2.91. The molecule has 0 amide bonds. The molecule has 3 heteroatoms. The molecule has 0 saturated heterocycles. The minimum atomic E-state index is -0.0235. The van der Waals surface area contributed by atoms with Gasteiger partial charge in [-0.1, -0.05) is 36.4 Å². The molecule has 1 aromatic heterocycles. The number of aryl methyl sites for hydroxylation is 1. The average Bonchev–Trinajstić information content (AvgIpc) is 2.68. The SMILES string of the molecule is C=C(O)c1cc(-c2ccc(C)cc2)[nH]n1. The van der Waals surface area contributed by atoms with Crippen LogP contribution in [0.5, 0.6) is 0 Å². The van der Waals surface area contributed by atoms with Crippen LogP contribution in [0, 0.1) is 6.92 Å². The third-order valence-electron chi connectivity index (χ3n) is 2.24. The van der Waals surface area contributed by atoms with E-state index < -0.39 is 0 Å². The first kappa shape index (κ1) is 9.52. The van der Waals surface area contributed by atoms with Crippen LogP contribution in [0.4, 0.5) is 0 Å². The first-order valence-corrected chi connectivity index (χ1v) is 4.67. The van der Waals surface area contributed by atoms with Crippen molar-refractivity contribution in [3.05, 3.63) is 48.2 Å². The lowest BCUT2D eigenvalue weighted by molar-refractivity contribution is 0.510. The Morgan fingerprint density at radius 3 is 2.53 bits per heavy atom. The van der Waals surface area contributed by atoms with Gasteiger partial charge in [-0.3, -0.25) is 5.10 Å². The van der Waals surface area contributed by atoms with Crippen molar-refractivity contribution in [2.45, 2.75) is 6.92 Å². The lowest BCUT2D eigenvalue weighted by Gasteiger charge is -1.96. The van der Waals surface area contributed by atoms with Crippen molar-refractivity contribution in [2.75, 3.05) is 0 Å². The third-order valence-corrected chi connectivity index (χ3v) is 2.24. The number of aliphatic hydroxyl groups is 1. The molecule has 0 fully saturated rings. The summed E-state index contributed by atoms with van der Waals surface area (Å²) in [4.78, 5) is 0. The minimum absolute atomic E-state index is 0.0235. The monoisotopic (exact) mass is 200 g/mol. The Balaban J connectivity index is 2.37. The second-order valence-electron chi connectivity index (χ2n) is 3.48. The quantitative estimate of drug-likeness (QED) is 0.732.